The molecule has 1 saturated heterocycles. The van der Waals surface area contributed by atoms with Crippen LogP contribution in [0.3, 0.4) is 0 Å². The van der Waals surface area contributed by atoms with Crippen molar-refractivity contribution in [1.82, 2.24) is 15.0 Å². The zero-order valence-corrected chi connectivity index (χ0v) is 20.7. The fraction of sp³-hybridized carbons (Fsp3) is 0.240. The molecule has 0 bridgehead atoms. The number of nitrogens with zero attached hydrogens (tertiary/aromatic N) is 4. The summed E-state index contributed by atoms with van der Waals surface area (Å²) in [7, 11) is -3.76. The lowest BCUT2D eigenvalue weighted by Gasteiger charge is -2.28. The third-order valence-electron chi connectivity index (χ3n) is 5.65. The molecule has 2 N–H and O–H groups in total. The summed E-state index contributed by atoms with van der Waals surface area (Å²) in [6, 6.07) is 15.3. The van der Waals surface area contributed by atoms with E-state index in [0.717, 1.165) is 35.9 Å². The molecule has 0 amide bonds. The van der Waals surface area contributed by atoms with E-state index < -0.39 is 10.0 Å². The Morgan fingerprint density at radius 2 is 1.58 bits per heavy atom. The maximum absolute atomic E-state index is 12.9. The van der Waals surface area contributed by atoms with Crippen molar-refractivity contribution in [3.8, 4) is 11.3 Å². The van der Waals surface area contributed by atoms with Crippen LogP contribution in [0.2, 0.25) is 0 Å². The minimum atomic E-state index is -3.76. The van der Waals surface area contributed by atoms with Gasteiger partial charge < -0.3 is 19.4 Å². The second-order valence-electron chi connectivity index (χ2n) is 8.37. The predicted octanol–water partition coefficient (Wildman–Crippen LogP) is 4.13. The van der Waals surface area contributed by atoms with E-state index in [1.54, 1.807) is 55.5 Å². The summed E-state index contributed by atoms with van der Waals surface area (Å²) in [6.07, 6.45) is 1.54. The number of aromatic nitrogens is 3. The Bertz CT molecular complexity index is 1450. The van der Waals surface area contributed by atoms with Crippen molar-refractivity contribution < 1.29 is 17.6 Å². The van der Waals surface area contributed by atoms with Crippen LogP contribution >= 0.6 is 0 Å². The highest BCUT2D eigenvalue weighted by Gasteiger charge is 2.16. The van der Waals surface area contributed by atoms with Gasteiger partial charge in [0.15, 0.2) is 5.89 Å². The van der Waals surface area contributed by atoms with Gasteiger partial charge in [0.25, 0.3) is 10.0 Å². The van der Waals surface area contributed by atoms with E-state index in [9.17, 15) is 8.42 Å². The van der Waals surface area contributed by atoms with Gasteiger partial charge in [-0.3, -0.25) is 4.72 Å². The van der Waals surface area contributed by atoms with E-state index in [1.165, 1.54) is 6.26 Å². The van der Waals surface area contributed by atoms with Gasteiger partial charge in [0.05, 0.1) is 18.1 Å². The second-order valence-corrected chi connectivity index (χ2v) is 10.1. The molecular weight excluding hydrogens is 480 g/mol. The summed E-state index contributed by atoms with van der Waals surface area (Å²) in [5, 5.41) is 3.20. The van der Waals surface area contributed by atoms with Crippen molar-refractivity contribution in [3.05, 3.63) is 72.4 Å². The number of oxazole rings is 1. The molecule has 1 aliphatic heterocycles. The number of benzene rings is 2. The molecular formula is C25H26N6O4S. The maximum atomic E-state index is 12.9. The second kappa shape index (κ2) is 9.96. The number of anilines is 4. The SMILES string of the molecule is Cc1cc(N2CCOCC2)nc(Nc2ccc(NS(=O)(=O)c3ccc(-c4coc(C)n4)cc3)cc2)n1. The van der Waals surface area contributed by atoms with Crippen LogP contribution in [0, 0.1) is 13.8 Å². The molecule has 0 aliphatic carbocycles. The lowest BCUT2D eigenvalue weighted by atomic mass is 10.2. The topological polar surface area (TPSA) is 122 Å². The normalized spacial score (nSPS) is 14.0. The van der Waals surface area contributed by atoms with Crippen molar-refractivity contribution in [1.29, 1.82) is 0 Å². The molecule has 1 fully saturated rings. The lowest BCUT2D eigenvalue weighted by Crippen LogP contribution is -2.36. The lowest BCUT2D eigenvalue weighted by molar-refractivity contribution is 0.122. The molecule has 5 rings (SSSR count). The minimum absolute atomic E-state index is 0.150. The zero-order chi connectivity index (χ0) is 25.1. The number of nitrogens with one attached hydrogen (secondary N) is 2. The first kappa shape index (κ1) is 23.8. The average Bonchev–Trinajstić information content (AvgIpc) is 3.32. The molecule has 0 unspecified atom stereocenters. The van der Waals surface area contributed by atoms with E-state index in [0.29, 0.717) is 36.4 Å². The monoisotopic (exact) mass is 506 g/mol. The van der Waals surface area contributed by atoms with Crippen molar-refractivity contribution in [2.24, 2.45) is 0 Å². The fourth-order valence-electron chi connectivity index (χ4n) is 3.83. The van der Waals surface area contributed by atoms with Gasteiger partial charge >= 0.3 is 0 Å². The van der Waals surface area contributed by atoms with E-state index in [2.05, 4.69) is 29.9 Å². The van der Waals surface area contributed by atoms with Crippen LogP contribution in [0.15, 0.2) is 70.2 Å². The quantitative estimate of drug-likeness (QED) is 0.381. The van der Waals surface area contributed by atoms with Gasteiger partial charge in [-0.05, 0) is 43.3 Å². The number of ether oxygens (including phenoxy) is 1. The smallest absolute Gasteiger partial charge is 0.261 e. The van der Waals surface area contributed by atoms with Crippen LogP contribution in [0.25, 0.3) is 11.3 Å². The van der Waals surface area contributed by atoms with Crippen LogP contribution in [0.4, 0.5) is 23.1 Å². The molecule has 3 heterocycles. The molecule has 0 atom stereocenters. The molecule has 2 aromatic heterocycles. The van der Waals surface area contributed by atoms with E-state index in [4.69, 9.17) is 9.15 Å². The van der Waals surface area contributed by atoms with Crippen LogP contribution in [-0.2, 0) is 14.8 Å². The van der Waals surface area contributed by atoms with Crippen molar-refractivity contribution in [2.45, 2.75) is 18.7 Å². The van der Waals surface area contributed by atoms with Crippen LogP contribution in [0.5, 0.6) is 0 Å². The van der Waals surface area contributed by atoms with Gasteiger partial charge in [-0.1, -0.05) is 12.1 Å². The highest BCUT2D eigenvalue weighted by atomic mass is 32.2. The first-order chi connectivity index (χ1) is 17.4. The molecule has 0 radical (unpaired) electrons. The summed E-state index contributed by atoms with van der Waals surface area (Å²) in [5.74, 6) is 1.88. The number of hydrogen-bond donors (Lipinski definition) is 2. The summed E-state index contributed by atoms with van der Waals surface area (Å²) >= 11 is 0. The Morgan fingerprint density at radius 3 is 2.25 bits per heavy atom. The third-order valence-corrected chi connectivity index (χ3v) is 7.05. The maximum Gasteiger partial charge on any atom is 0.261 e. The van der Waals surface area contributed by atoms with E-state index in [-0.39, 0.29) is 4.90 Å². The van der Waals surface area contributed by atoms with Gasteiger partial charge in [0, 0.05) is 48.7 Å². The van der Waals surface area contributed by atoms with Crippen LogP contribution in [-0.4, -0.2) is 49.7 Å². The molecule has 4 aromatic rings. The van der Waals surface area contributed by atoms with Crippen molar-refractivity contribution in [3.63, 3.8) is 0 Å². The number of hydrogen-bond acceptors (Lipinski definition) is 9. The van der Waals surface area contributed by atoms with Gasteiger partial charge in [-0.15, -0.1) is 0 Å². The molecule has 10 nitrogen and oxygen atoms in total. The summed E-state index contributed by atoms with van der Waals surface area (Å²) in [4.78, 5) is 15.7. The minimum Gasteiger partial charge on any atom is -0.449 e. The van der Waals surface area contributed by atoms with Gasteiger partial charge in [-0.2, -0.15) is 4.98 Å². The Labute approximate surface area is 209 Å². The largest absolute Gasteiger partial charge is 0.449 e. The Kier molecular flexibility index (Phi) is 6.57. The molecule has 36 heavy (non-hydrogen) atoms. The van der Waals surface area contributed by atoms with Crippen molar-refractivity contribution in [2.75, 3.05) is 41.2 Å². The molecule has 2 aromatic carbocycles. The summed E-state index contributed by atoms with van der Waals surface area (Å²) < 4.78 is 39.0. The zero-order valence-electron chi connectivity index (χ0n) is 19.9. The standard InChI is InChI=1S/C25H26N6O4S/c1-17-15-24(31-11-13-34-14-12-31)29-25(26-17)28-20-5-7-21(8-6-20)30-36(32,33)22-9-3-19(4-10-22)23-16-35-18(2)27-23/h3-10,15-16,30H,11-14H2,1-2H3,(H,26,28,29). The summed E-state index contributed by atoms with van der Waals surface area (Å²) in [6.45, 7) is 6.60. The highest BCUT2D eigenvalue weighted by Crippen LogP contribution is 2.24. The number of morpholine rings is 1. The molecule has 0 spiro atoms. The van der Waals surface area contributed by atoms with Gasteiger partial charge in [0.2, 0.25) is 5.95 Å². The van der Waals surface area contributed by atoms with Crippen molar-refractivity contribution >= 4 is 33.2 Å². The summed E-state index contributed by atoms with van der Waals surface area (Å²) in [5.41, 5.74) is 3.46. The number of rotatable bonds is 7. The van der Waals surface area contributed by atoms with Crippen LogP contribution < -0.4 is 14.9 Å². The average molecular weight is 507 g/mol. The van der Waals surface area contributed by atoms with E-state index >= 15 is 0 Å². The molecule has 0 saturated carbocycles. The molecule has 186 valence electrons. The Balaban J connectivity index is 1.26. The first-order valence-electron chi connectivity index (χ1n) is 11.5. The third kappa shape index (κ3) is 5.47. The van der Waals surface area contributed by atoms with Crippen LogP contribution in [0.1, 0.15) is 11.6 Å². The Morgan fingerprint density at radius 1 is 0.889 bits per heavy atom. The molecule has 11 heteroatoms. The highest BCUT2D eigenvalue weighted by molar-refractivity contribution is 7.92. The van der Waals surface area contributed by atoms with Gasteiger partial charge in [0.1, 0.15) is 17.8 Å². The number of sulfonamides is 1. The fourth-order valence-corrected chi connectivity index (χ4v) is 4.89. The van der Waals surface area contributed by atoms with E-state index in [1.807, 2.05) is 13.0 Å². The predicted molar refractivity (Wildman–Crippen MR) is 137 cm³/mol. The molecule has 1 aliphatic rings. The Hall–Kier alpha value is -3.96. The van der Waals surface area contributed by atoms with Gasteiger partial charge in [-0.25, -0.2) is 18.4 Å². The number of aryl methyl sites for hydroxylation is 2. The first-order valence-corrected chi connectivity index (χ1v) is 12.9.